The summed E-state index contributed by atoms with van der Waals surface area (Å²) in [5.41, 5.74) is 1.14. The standard InChI is InChI=1S/C14H20ClNO/c1-16-8-4-7-14(10-16,11-17)9-12-5-2-3-6-13(12)15/h2-3,5-6,17H,4,7-11H2,1H3. The molecule has 2 rings (SSSR count). The maximum atomic E-state index is 9.74. The zero-order chi connectivity index (χ0) is 12.3. The van der Waals surface area contributed by atoms with Crippen LogP contribution in [0.2, 0.25) is 5.02 Å². The van der Waals surface area contributed by atoms with Crippen LogP contribution in [0.4, 0.5) is 0 Å². The summed E-state index contributed by atoms with van der Waals surface area (Å²) in [7, 11) is 2.12. The number of benzene rings is 1. The van der Waals surface area contributed by atoms with Crippen molar-refractivity contribution >= 4 is 11.6 Å². The number of likely N-dealkylation sites (tertiary alicyclic amines) is 1. The summed E-state index contributed by atoms with van der Waals surface area (Å²) in [5, 5.41) is 10.6. The molecule has 1 heterocycles. The zero-order valence-corrected chi connectivity index (χ0v) is 11.1. The maximum absolute atomic E-state index is 9.74. The van der Waals surface area contributed by atoms with Crippen molar-refractivity contribution in [1.29, 1.82) is 0 Å². The minimum absolute atomic E-state index is 0.0159. The van der Waals surface area contributed by atoms with Crippen LogP contribution in [-0.4, -0.2) is 36.8 Å². The lowest BCUT2D eigenvalue weighted by molar-refractivity contribution is 0.0439. The van der Waals surface area contributed by atoms with Crippen molar-refractivity contribution in [2.75, 3.05) is 26.7 Å². The van der Waals surface area contributed by atoms with Gasteiger partial charge in [0.25, 0.3) is 0 Å². The Morgan fingerprint density at radius 1 is 1.41 bits per heavy atom. The number of hydrogen-bond donors (Lipinski definition) is 1. The molecule has 1 aliphatic rings. The molecule has 1 fully saturated rings. The number of aliphatic hydroxyl groups excluding tert-OH is 1. The molecular weight excluding hydrogens is 234 g/mol. The van der Waals surface area contributed by atoms with E-state index < -0.39 is 0 Å². The molecular formula is C14H20ClNO. The highest BCUT2D eigenvalue weighted by Gasteiger charge is 2.34. The van der Waals surface area contributed by atoms with Crippen LogP contribution in [0.1, 0.15) is 18.4 Å². The van der Waals surface area contributed by atoms with E-state index in [2.05, 4.69) is 18.0 Å². The van der Waals surface area contributed by atoms with Crippen molar-refractivity contribution in [3.63, 3.8) is 0 Å². The van der Waals surface area contributed by atoms with Gasteiger partial charge in [-0.05, 0) is 44.5 Å². The highest BCUT2D eigenvalue weighted by atomic mass is 35.5. The Labute approximate surface area is 108 Å². The van der Waals surface area contributed by atoms with Crippen molar-refractivity contribution in [1.82, 2.24) is 4.90 Å². The molecule has 1 unspecified atom stereocenters. The van der Waals surface area contributed by atoms with Gasteiger partial charge in [-0.2, -0.15) is 0 Å². The van der Waals surface area contributed by atoms with Crippen LogP contribution in [0, 0.1) is 5.41 Å². The van der Waals surface area contributed by atoms with Gasteiger partial charge in [-0.25, -0.2) is 0 Å². The van der Waals surface area contributed by atoms with Crippen molar-refractivity contribution in [3.05, 3.63) is 34.9 Å². The Bertz CT molecular complexity index is 382. The first-order valence-electron chi connectivity index (χ1n) is 6.18. The number of nitrogens with zero attached hydrogens (tertiary/aromatic N) is 1. The molecule has 1 atom stereocenters. The molecule has 0 aromatic heterocycles. The van der Waals surface area contributed by atoms with E-state index in [0.717, 1.165) is 42.9 Å². The number of piperidine rings is 1. The quantitative estimate of drug-likeness (QED) is 0.895. The zero-order valence-electron chi connectivity index (χ0n) is 10.3. The summed E-state index contributed by atoms with van der Waals surface area (Å²) in [4.78, 5) is 2.30. The fraction of sp³-hybridized carbons (Fsp3) is 0.571. The topological polar surface area (TPSA) is 23.5 Å². The van der Waals surface area contributed by atoms with Crippen LogP contribution < -0.4 is 0 Å². The second-order valence-electron chi connectivity index (χ2n) is 5.27. The molecule has 0 amide bonds. The van der Waals surface area contributed by atoms with Gasteiger partial charge >= 0.3 is 0 Å². The Morgan fingerprint density at radius 3 is 2.82 bits per heavy atom. The SMILES string of the molecule is CN1CCCC(CO)(Cc2ccccc2Cl)C1. The Kier molecular flexibility index (Phi) is 4.08. The summed E-state index contributed by atoms with van der Waals surface area (Å²) >= 11 is 6.20. The predicted octanol–water partition coefficient (Wildman–Crippen LogP) is 2.59. The monoisotopic (exact) mass is 253 g/mol. The van der Waals surface area contributed by atoms with Crippen molar-refractivity contribution < 1.29 is 5.11 Å². The van der Waals surface area contributed by atoms with Crippen molar-refractivity contribution in [3.8, 4) is 0 Å². The van der Waals surface area contributed by atoms with Gasteiger partial charge in [-0.1, -0.05) is 29.8 Å². The minimum Gasteiger partial charge on any atom is -0.396 e. The molecule has 0 saturated carbocycles. The molecule has 1 aliphatic heterocycles. The predicted molar refractivity (Wildman–Crippen MR) is 71.4 cm³/mol. The van der Waals surface area contributed by atoms with E-state index >= 15 is 0 Å². The number of aliphatic hydroxyl groups is 1. The van der Waals surface area contributed by atoms with Gasteiger partial charge < -0.3 is 10.0 Å². The van der Waals surface area contributed by atoms with Crippen LogP contribution in [0.3, 0.4) is 0 Å². The highest BCUT2D eigenvalue weighted by molar-refractivity contribution is 6.31. The second kappa shape index (κ2) is 5.38. The van der Waals surface area contributed by atoms with Crippen LogP contribution in [0.5, 0.6) is 0 Å². The normalized spacial score (nSPS) is 26.1. The molecule has 1 aromatic rings. The number of halogens is 1. The second-order valence-corrected chi connectivity index (χ2v) is 5.67. The van der Waals surface area contributed by atoms with E-state index in [4.69, 9.17) is 11.6 Å². The molecule has 3 heteroatoms. The van der Waals surface area contributed by atoms with E-state index in [0.29, 0.717) is 0 Å². The molecule has 1 N–H and O–H groups in total. The summed E-state index contributed by atoms with van der Waals surface area (Å²) < 4.78 is 0. The first-order chi connectivity index (χ1) is 8.15. The average Bonchev–Trinajstić information content (AvgIpc) is 2.32. The van der Waals surface area contributed by atoms with Gasteiger partial charge in [0, 0.05) is 17.0 Å². The fourth-order valence-corrected chi connectivity index (χ4v) is 3.03. The smallest absolute Gasteiger partial charge is 0.0502 e. The van der Waals surface area contributed by atoms with E-state index in [-0.39, 0.29) is 12.0 Å². The van der Waals surface area contributed by atoms with Gasteiger partial charge in [0.05, 0.1) is 6.61 Å². The van der Waals surface area contributed by atoms with E-state index in [1.165, 1.54) is 0 Å². The third-order valence-electron chi connectivity index (χ3n) is 3.71. The Morgan fingerprint density at radius 2 is 2.18 bits per heavy atom. The molecule has 1 aromatic carbocycles. The molecule has 0 radical (unpaired) electrons. The van der Waals surface area contributed by atoms with Crippen molar-refractivity contribution in [2.45, 2.75) is 19.3 Å². The first-order valence-corrected chi connectivity index (χ1v) is 6.56. The summed E-state index contributed by atoms with van der Waals surface area (Å²) in [5.74, 6) is 0. The third-order valence-corrected chi connectivity index (χ3v) is 4.08. The lowest BCUT2D eigenvalue weighted by Crippen LogP contribution is -2.44. The van der Waals surface area contributed by atoms with Crippen molar-refractivity contribution in [2.24, 2.45) is 5.41 Å². The third kappa shape index (κ3) is 3.01. The van der Waals surface area contributed by atoms with E-state index in [1.807, 2.05) is 18.2 Å². The first kappa shape index (κ1) is 12.9. The maximum Gasteiger partial charge on any atom is 0.0502 e. The molecule has 1 saturated heterocycles. The van der Waals surface area contributed by atoms with Gasteiger partial charge in [-0.15, -0.1) is 0 Å². The van der Waals surface area contributed by atoms with Crippen LogP contribution >= 0.6 is 11.6 Å². The largest absolute Gasteiger partial charge is 0.396 e. The van der Waals surface area contributed by atoms with E-state index in [9.17, 15) is 5.11 Å². The Balaban J connectivity index is 2.17. The van der Waals surface area contributed by atoms with E-state index in [1.54, 1.807) is 0 Å². The van der Waals surface area contributed by atoms with Gasteiger partial charge in [-0.3, -0.25) is 0 Å². The molecule has 2 nitrogen and oxygen atoms in total. The summed E-state index contributed by atoms with van der Waals surface area (Å²) in [6.07, 6.45) is 3.11. The lowest BCUT2D eigenvalue weighted by atomic mass is 9.76. The lowest BCUT2D eigenvalue weighted by Gasteiger charge is -2.40. The van der Waals surface area contributed by atoms with Gasteiger partial charge in [0.15, 0.2) is 0 Å². The van der Waals surface area contributed by atoms with Gasteiger partial charge in [0.1, 0.15) is 0 Å². The fourth-order valence-electron chi connectivity index (χ4n) is 2.83. The number of rotatable bonds is 3. The molecule has 94 valence electrons. The Hall–Kier alpha value is -0.570. The number of hydrogen-bond acceptors (Lipinski definition) is 2. The molecule has 0 bridgehead atoms. The molecule has 17 heavy (non-hydrogen) atoms. The summed E-state index contributed by atoms with van der Waals surface area (Å²) in [6, 6.07) is 7.95. The minimum atomic E-state index is -0.0159. The summed E-state index contributed by atoms with van der Waals surface area (Å²) in [6.45, 7) is 2.32. The van der Waals surface area contributed by atoms with Crippen LogP contribution in [-0.2, 0) is 6.42 Å². The molecule has 0 aliphatic carbocycles. The van der Waals surface area contributed by atoms with Crippen LogP contribution in [0.25, 0.3) is 0 Å². The van der Waals surface area contributed by atoms with Crippen LogP contribution in [0.15, 0.2) is 24.3 Å². The average molecular weight is 254 g/mol. The van der Waals surface area contributed by atoms with Gasteiger partial charge in [0.2, 0.25) is 0 Å². The highest BCUT2D eigenvalue weighted by Crippen LogP contribution is 2.34. The molecule has 0 spiro atoms.